The van der Waals surface area contributed by atoms with E-state index >= 15 is 0 Å². The summed E-state index contributed by atoms with van der Waals surface area (Å²) in [5.41, 5.74) is 1.72. The van der Waals surface area contributed by atoms with Crippen LogP contribution in [-0.2, 0) is 0 Å². The van der Waals surface area contributed by atoms with Crippen LogP contribution < -0.4 is 0 Å². The minimum atomic E-state index is -0.296. The molecule has 0 aliphatic rings. The summed E-state index contributed by atoms with van der Waals surface area (Å²) in [5, 5.41) is 0. The van der Waals surface area contributed by atoms with Gasteiger partial charge in [0.1, 0.15) is 16.3 Å². The second kappa shape index (κ2) is 4.43. The maximum Gasteiger partial charge on any atom is 0.139 e. The van der Waals surface area contributed by atoms with Gasteiger partial charge in [0.15, 0.2) is 0 Å². The fourth-order valence-electron chi connectivity index (χ4n) is 1.36. The minimum Gasteiger partial charge on any atom is -0.343 e. The molecule has 2 aromatic rings. The van der Waals surface area contributed by atoms with E-state index in [9.17, 15) is 4.39 Å². The number of aryl methyl sites for hydroxylation is 1. The van der Waals surface area contributed by atoms with E-state index in [0.29, 0.717) is 14.9 Å². The zero-order valence-corrected chi connectivity index (χ0v) is 10.8. The van der Waals surface area contributed by atoms with Gasteiger partial charge in [-0.15, -0.1) is 0 Å². The van der Waals surface area contributed by atoms with Crippen molar-refractivity contribution in [1.29, 1.82) is 0 Å². The van der Waals surface area contributed by atoms with Crippen molar-refractivity contribution in [2.24, 2.45) is 0 Å². The van der Waals surface area contributed by atoms with Crippen LogP contribution in [0.5, 0.6) is 0 Å². The first-order chi connectivity index (χ1) is 7.56. The molecule has 0 spiro atoms. The van der Waals surface area contributed by atoms with E-state index in [1.807, 2.05) is 6.92 Å². The Balaban J connectivity index is 2.58. The molecule has 0 bridgehead atoms. The number of aromatic nitrogens is 2. The summed E-state index contributed by atoms with van der Waals surface area (Å²) in [6.07, 6.45) is 0. The standard InChI is InChI=1S/C11H8BrFN2S/c1-6-4-10(16)15-11(14-6)7-2-3-9(13)8(12)5-7/h2-5H,1H3,(H,14,15,16). The molecular weight excluding hydrogens is 291 g/mol. The molecule has 0 atom stereocenters. The van der Waals surface area contributed by atoms with E-state index in [4.69, 9.17) is 12.2 Å². The van der Waals surface area contributed by atoms with Gasteiger partial charge in [0.2, 0.25) is 0 Å². The first kappa shape index (κ1) is 11.4. The third-order valence-corrected chi connectivity index (χ3v) is 2.89. The lowest BCUT2D eigenvalue weighted by Gasteiger charge is -2.03. The van der Waals surface area contributed by atoms with Gasteiger partial charge in [-0.05, 0) is 47.1 Å². The van der Waals surface area contributed by atoms with Crippen LogP contribution in [0.4, 0.5) is 4.39 Å². The van der Waals surface area contributed by atoms with Crippen LogP contribution >= 0.6 is 28.1 Å². The molecule has 0 fully saturated rings. The van der Waals surface area contributed by atoms with Crippen LogP contribution in [0.1, 0.15) is 5.69 Å². The van der Waals surface area contributed by atoms with Gasteiger partial charge in [-0.3, -0.25) is 0 Å². The van der Waals surface area contributed by atoms with Crippen molar-refractivity contribution in [2.75, 3.05) is 0 Å². The predicted octanol–water partition coefficient (Wildman–Crippen LogP) is 4.02. The average molecular weight is 299 g/mol. The monoisotopic (exact) mass is 298 g/mol. The number of aromatic amines is 1. The predicted molar refractivity (Wildman–Crippen MR) is 67.3 cm³/mol. The summed E-state index contributed by atoms with van der Waals surface area (Å²) in [5.74, 6) is 0.348. The smallest absolute Gasteiger partial charge is 0.139 e. The largest absolute Gasteiger partial charge is 0.343 e. The second-order valence-corrected chi connectivity index (χ2v) is 4.65. The molecule has 0 aliphatic heterocycles. The van der Waals surface area contributed by atoms with Crippen molar-refractivity contribution in [1.82, 2.24) is 9.97 Å². The highest BCUT2D eigenvalue weighted by molar-refractivity contribution is 9.10. The molecule has 1 N–H and O–H groups in total. The fraction of sp³-hybridized carbons (Fsp3) is 0.0909. The molecule has 0 saturated carbocycles. The van der Waals surface area contributed by atoms with Crippen LogP contribution in [-0.4, -0.2) is 9.97 Å². The van der Waals surface area contributed by atoms with Crippen LogP contribution in [0, 0.1) is 17.4 Å². The lowest BCUT2D eigenvalue weighted by Crippen LogP contribution is -1.92. The molecule has 0 amide bonds. The van der Waals surface area contributed by atoms with E-state index < -0.39 is 0 Å². The lowest BCUT2D eigenvalue weighted by atomic mass is 10.2. The zero-order valence-electron chi connectivity index (χ0n) is 8.42. The van der Waals surface area contributed by atoms with Gasteiger partial charge in [-0.1, -0.05) is 12.2 Å². The molecule has 0 radical (unpaired) electrons. The maximum absolute atomic E-state index is 13.1. The first-order valence-corrected chi connectivity index (χ1v) is 5.80. The highest BCUT2D eigenvalue weighted by Crippen LogP contribution is 2.22. The van der Waals surface area contributed by atoms with Gasteiger partial charge < -0.3 is 4.98 Å². The van der Waals surface area contributed by atoms with Gasteiger partial charge in [0.25, 0.3) is 0 Å². The van der Waals surface area contributed by atoms with Gasteiger partial charge in [-0.2, -0.15) is 0 Å². The number of halogens is 2. The van der Waals surface area contributed by atoms with Crippen LogP contribution in [0.3, 0.4) is 0 Å². The molecule has 0 saturated heterocycles. The minimum absolute atomic E-state index is 0.296. The molecule has 0 aliphatic carbocycles. The molecule has 5 heteroatoms. The molecule has 1 aromatic carbocycles. The highest BCUT2D eigenvalue weighted by atomic mass is 79.9. The molecule has 2 nitrogen and oxygen atoms in total. The summed E-state index contributed by atoms with van der Waals surface area (Å²) in [4.78, 5) is 7.28. The Morgan fingerprint density at radius 2 is 2.12 bits per heavy atom. The Labute approximate surface area is 106 Å². The number of benzene rings is 1. The Morgan fingerprint density at radius 1 is 1.38 bits per heavy atom. The van der Waals surface area contributed by atoms with Crippen LogP contribution in [0.2, 0.25) is 0 Å². The fourth-order valence-corrected chi connectivity index (χ4v) is 2.01. The van der Waals surface area contributed by atoms with Crippen molar-refractivity contribution in [3.05, 3.63) is 44.9 Å². The van der Waals surface area contributed by atoms with Crippen molar-refractivity contribution in [2.45, 2.75) is 6.92 Å². The zero-order chi connectivity index (χ0) is 11.7. The molecule has 82 valence electrons. The second-order valence-electron chi connectivity index (χ2n) is 3.38. The molecule has 0 unspecified atom stereocenters. The van der Waals surface area contributed by atoms with Gasteiger partial charge in [0.05, 0.1) is 4.47 Å². The van der Waals surface area contributed by atoms with E-state index in [0.717, 1.165) is 11.3 Å². The Hall–Kier alpha value is -1.07. The Kier molecular flexibility index (Phi) is 3.16. The SMILES string of the molecule is Cc1cc(=S)nc(-c2ccc(F)c(Br)c2)[nH]1. The topological polar surface area (TPSA) is 28.7 Å². The highest BCUT2D eigenvalue weighted by Gasteiger charge is 2.04. The van der Waals surface area contributed by atoms with E-state index in [-0.39, 0.29) is 5.82 Å². The van der Waals surface area contributed by atoms with Crippen molar-refractivity contribution < 1.29 is 4.39 Å². The molecule has 2 rings (SSSR count). The maximum atomic E-state index is 13.1. The third kappa shape index (κ3) is 2.36. The number of hydrogen-bond donors (Lipinski definition) is 1. The quantitative estimate of drug-likeness (QED) is 0.806. The molecule has 16 heavy (non-hydrogen) atoms. The summed E-state index contributed by atoms with van der Waals surface area (Å²) in [7, 11) is 0. The summed E-state index contributed by atoms with van der Waals surface area (Å²) in [6.45, 7) is 1.90. The molecular formula is C11H8BrFN2S. The summed E-state index contributed by atoms with van der Waals surface area (Å²) in [6, 6.07) is 6.49. The van der Waals surface area contributed by atoms with Crippen LogP contribution in [0.15, 0.2) is 28.7 Å². The Morgan fingerprint density at radius 3 is 2.75 bits per heavy atom. The Bertz CT molecular complexity index is 595. The third-order valence-electron chi connectivity index (χ3n) is 2.07. The number of hydrogen-bond acceptors (Lipinski definition) is 2. The normalized spacial score (nSPS) is 10.4. The summed E-state index contributed by atoms with van der Waals surface area (Å²) >= 11 is 8.17. The van der Waals surface area contributed by atoms with E-state index in [1.54, 1.807) is 18.2 Å². The van der Waals surface area contributed by atoms with Crippen molar-refractivity contribution >= 4 is 28.1 Å². The van der Waals surface area contributed by atoms with Gasteiger partial charge >= 0.3 is 0 Å². The number of nitrogens with one attached hydrogen (secondary N) is 1. The van der Waals surface area contributed by atoms with Gasteiger partial charge in [0, 0.05) is 11.3 Å². The van der Waals surface area contributed by atoms with Crippen molar-refractivity contribution in [3.8, 4) is 11.4 Å². The number of nitrogens with zero attached hydrogens (tertiary/aromatic N) is 1. The van der Waals surface area contributed by atoms with E-state index in [2.05, 4.69) is 25.9 Å². The lowest BCUT2D eigenvalue weighted by molar-refractivity contribution is 0.621. The van der Waals surface area contributed by atoms with Crippen molar-refractivity contribution in [3.63, 3.8) is 0 Å². The van der Waals surface area contributed by atoms with E-state index in [1.165, 1.54) is 6.07 Å². The first-order valence-electron chi connectivity index (χ1n) is 4.59. The average Bonchev–Trinajstić information content (AvgIpc) is 2.20. The number of rotatable bonds is 1. The van der Waals surface area contributed by atoms with Crippen LogP contribution in [0.25, 0.3) is 11.4 Å². The molecule has 1 heterocycles. The molecule has 1 aromatic heterocycles. The summed E-state index contributed by atoms with van der Waals surface area (Å²) < 4.78 is 14.0. The number of H-pyrrole nitrogens is 1. The van der Waals surface area contributed by atoms with Gasteiger partial charge in [-0.25, -0.2) is 9.37 Å².